The lowest BCUT2D eigenvalue weighted by Gasteiger charge is -2.43. The van der Waals surface area contributed by atoms with E-state index in [4.69, 9.17) is 4.74 Å². The second-order valence-corrected chi connectivity index (χ2v) is 10.1. The lowest BCUT2D eigenvalue weighted by molar-refractivity contribution is -0.139. The van der Waals surface area contributed by atoms with Crippen LogP contribution in [0.4, 0.5) is 0 Å². The number of nitrogens with zero attached hydrogens (tertiary/aromatic N) is 1. The summed E-state index contributed by atoms with van der Waals surface area (Å²) in [5.41, 5.74) is -0.339. The summed E-state index contributed by atoms with van der Waals surface area (Å²) >= 11 is 0. The molecule has 1 saturated carbocycles. The molecule has 2 aliphatic heterocycles. The number of piperidine rings is 1. The van der Waals surface area contributed by atoms with E-state index < -0.39 is 6.04 Å². The maximum Gasteiger partial charge on any atom is 0.242 e. The molecule has 1 aliphatic carbocycles. The van der Waals surface area contributed by atoms with Gasteiger partial charge < -0.3 is 20.3 Å². The minimum Gasteiger partial charge on any atom is -0.381 e. The number of hydrogen-bond acceptors (Lipinski definition) is 4. The number of carbonyl (C=O) groups excluding carboxylic acids is 2. The average Bonchev–Trinajstić information content (AvgIpc) is 3.26. The van der Waals surface area contributed by atoms with Gasteiger partial charge in [0.25, 0.3) is 0 Å². The average molecular weight is 422 g/mol. The van der Waals surface area contributed by atoms with Crippen LogP contribution in [0.15, 0.2) is 0 Å². The van der Waals surface area contributed by atoms with Gasteiger partial charge in [0, 0.05) is 25.8 Å². The number of likely N-dealkylation sites (tertiary alicyclic amines) is 1. The number of ether oxygens (including phenoxy) is 1. The van der Waals surface area contributed by atoms with Crippen molar-refractivity contribution in [3.8, 4) is 0 Å². The Morgan fingerprint density at radius 3 is 2.40 bits per heavy atom. The van der Waals surface area contributed by atoms with Crippen molar-refractivity contribution in [2.45, 2.75) is 96.6 Å². The first-order valence-electron chi connectivity index (χ1n) is 12.4. The highest BCUT2D eigenvalue weighted by molar-refractivity contribution is 5.90. The Balaban J connectivity index is 1.70. The molecule has 6 nitrogen and oxygen atoms in total. The van der Waals surface area contributed by atoms with Gasteiger partial charge in [0.15, 0.2) is 0 Å². The summed E-state index contributed by atoms with van der Waals surface area (Å²) in [6.45, 7) is 8.26. The first-order valence-corrected chi connectivity index (χ1v) is 12.4. The summed E-state index contributed by atoms with van der Waals surface area (Å²) in [6.07, 6.45) is 11.5. The zero-order valence-electron chi connectivity index (χ0n) is 19.2. The maximum atomic E-state index is 13.6. The standard InChI is InChI=1S/C24H43N3O3/c1-19(2)18-21-22(28)25-13-7-17-30-16-6-5-10-24(23(29)26-21)11-14-27(15-12-24)20-8-3-4-9-20/h19-21H,3-18H2,1-2H3,(H,25,28)(H,26,29)/t21-/m0/s1. The second-order valence-electron chi connectivity index (χ2n) is 10.1. The molecule has 1 atom stereocenters. The van der Waals surface area contributed by atoms with Crippen LogP contribution in [0, 0.1) is 11.3 Å². The third-order valence-corrected chi connectivity index (χ3v) is 7.37. The lowest BCUT2D eigenvalue weighted by atomic mass is 9.73. The highest BCUT2D eigenvalue weighted by Gasteiger charge is 2.43. The van der Waals surface area contributed by atoms with E-state index in [0.29, 0.717) is 25.5 Å². The normalized spacial score (nSPS) is 28.3. The molecule has 3 fully saturated rings. The molecule has 1 spiro atoms. The number of carbonyl (C=O) groups is 2. The third kappa shape index (κ3) is 6.43. The van der Waals surface area contributed by atoms with Gasteiger partial charge in [0.05, 0.1) is 5.41 Å². The number of nitrogens with one attached hydrogen (secondary N) is 2. The summed E-state index contributed by atoms with van der Waals surface area (Å²) < 4.78 is 5.73. The van der Waals surface area contributed by atoms with Crippen LogP contribution in [-0.4, -0.2) is 61.6 Å². The van der Waals surface area contributed by atoms with Gasteiger partial charge in [-0.05, 0) is 70.4 Å². The van der Waals surface area contributed by atoms with Gasteiger partial charge in [0.1, 0.15) is 6.04 Å². The molecule has 2 saturated heterocycles. The summed E-state index contributed by atoms with van der Waals surface area (Å²) in [5, 5.41) is 6.20. The van der Waals surface area contributed by atoms with E-state index in [1.165, 1.54) is 25.7 Å². The topological polar surface area (TPSA) is 70.7 Å². The van der Waals surface area contributed by atoms with Gasteiger partial charge >= 0.3 is 0 Å². The molecule has 3 aliphatic rings. The van der Waals surface area contributed by atoms with Crippen molar-refractivity contribution >= 4 is 11.8 Å². The maximum absolute atomic E-state index is 13.6. The largest absolute Gasteiger partial charge is 0.381 e. The summed E-state index contributed by atoms with van der Waals surface area (Å²) in [7, 11) is 0. The highest BCUT2D eigenvalue weighted by Crippen LogP contribution is 2.39. The van der Waals surface area contributed by atoms with Crippen LogP contribution in [-0.2, 0) is 14.3 Å². The molecular weight excluding hydrogens is 378 g/mol. The Bertz CT molecular complexity index is 552. The fourth-order valence-corrected chi connectivity index (χ4v) is 5.47. The van der Waals surface area contributed by atoms with Gasteiger partial charge in [-0.3, -0.25) is 9.59 Å². The molecule has 2 amide bonds. The van der Waals surface area contributed by atoms with Crippen LogP contribution in [0.3, 0.4) is 0 Å². The number of hydrogen-bond donors (Lipinski definition) is 2. The Kier molecular flexibility index (Phi) is 8.99. The molecule has 2 heterocycles. The molecule has 3 rings (SSSR count). The van der Waals surface area contributed by atoms with Gasteiger partial charge in [-0.15, -0.1) is 0 Å². The van der Waals surface area contributed by atoms with Crippen LogP contribution < -0.4 is 10.6 Å². The third-order valence-electron chi connectivity index (χ3n) is 7.37. The van der Waals surface area contributed by atoms with Crippen LogP contribution in [0.5, 0.6) is 0 Å². The molecule has 6 heteroatoms. The fourth-order valence-electron chi connectivity index (χ4n) is 5.47. The zero-order chi connectivity index (χ0) is 21.4. The SMILES string of the molecule is CC(C)C[C@@H]1NC(=O)C2(CCCCOCCCNC1=O)CCN(C1CCCC1)CC2. The lowest BCUT2D eigenvalue weighted by Crippen LogP contribution is -2.55. The van der Waals surface area contributed by atoms with Crippen LogP contribution in [0.1, 0.15) is 84.5 Å². The Morgan fingerprint density at radius 1 is 1.00 bits per heavy atom. The second kappa shape index (κ2) is 11.5. The van der Waals surface area contributed by atoms with E-state index in [2.05, 4.69) is 29.4 Å². The Morgan fingerprint density at radius 2 is 1.70 bits per heavy atom. The predicted octanol–water partition coefficient (Wildman–Crippen LogP) is 3.25. The van der Waals surface area contributed by atoms with Crippen molar-refractivity contribution in [2.75, 3.05) is 32.8 Å². The minimum atomic E-state index is -0.439. The van der Waals surface area contributed by atoms with E-state index in [1.54, 1.807) is 0 Å². The molecule has 0 aromatic carbocycles. The smallest absolute Gasteiger partial charge is 0.242 e. The molecule has 0 aromatic rings. The van der Waals surface area contributed by atoms with Crippen molar-refractivity contribution in [3.05, 3.63) is 0 Å². The first kappa shape index (κ1) is 23.5. The highest BCUT2D eigenvalue weighted by atomic mass is 16.5. The number of rotatable bonds is 3. The van der Waals surface area contributed by atoms with E-state index in [1.807, 2.05) is 0 Å². The van der Waals surface area contributed by atoms with E-state index in [0.717, 1.165) is 64.3 Å². The molecule has 0 bridgehead atoms. The van der Waals surface area contributed by atoms with Crippen molar-refractivity contribution < 1.29 is 14.3 Å². The molecular formula is C24H43N3O3. The number of amides is 2. The summed E-state index contributed by atoms with van der Waals surface area (Å²) in [5.74, 6) is 0.406. The van der Waals surface area contributed by atoms with Crippen LogP contribution in [0.25, 0.3) is 0 Å². The van der Waals surface area contributed by atoms with E-state index in [9.17, 15) is 9.59 Å². The Labute approximate surface area is 182 Å². The van der Waals surface area contributed by atoms with Crippen LogP contribution in [0.2, 0.25) is 0 Å². The van der Waals surface area contributed by atoms with E-state index in [-0.39, 0.29) is 17.2 Å². The van der Waals surface area contributed by atoms with Gasteiger partial charge in [-0.25, -0.2) is 0 Å². The van der Waals surface area contributed by atoms with Crippen molar-refractivity contribution in [2.24, 2.45) is 11.3 Å². The van der Waals surface area contributed by atoms with Crippen molar-refractivity contribution in [1.82, 2.24) is 15.5 Å². The van der Waals surface area contributed by atoms with Gasteiger partial charge in [0.2, 0.25) is 11.8 Å². The summed E-state index contributed by atoms with van der Waals surface area (Å²) in [6, 6.07) is 0.280. The van der Waals surface area contributed by atoms with Crippen molar-refractivity contribution in [1.29, 1.82) is 0 Å². The molecule has 30 heavy (non-hydrogen) atoms. The van der Waals surface area contributed by atoms with Gasteiger partial charge in [-0.1, -0.05) is 33.1 Å². The molecule has 2 N–H and O–H groups in total. The molecule has 0 radical (unpaired) electrons. The summed E-state index contributed by atoms with van der Waals surface area (Å²) in [4.78, 5) is 29.0. The minimum absolute atomic E-state index is 0.0485. The predicted molar refractivity (Wildman–Crippen MR) is 119 cm³/mol. The molecule has 0 unspecified atom stereocenters. The van der Waals surface area contributed by atoms with E-state index >= 15 is 0 Å². The van der Waals surface area contributed by atoms with Crippen molar-refractivity contribution in [3.63, 3.8) is 0 Å². The quantitative estimate of drug-likeness (QED) is 0.734. The molecule has 172 valence electrons. The Hall–Kier alpha value is -1.14. The fraction of sp³-hybridized carbons (Fsp3) is 0.917. The first-order chi connectivity index (χ1) is 14.5. The zero-order valence-corrected chi connectivity index (χ0v) is 19.2. The monoisotopic (exact) mass is 421 g/mol. The van der Waals surface area contributed by atoms with Crippen LogP contribution >= 0.6 is 0 Å². The molecule has 0 aromatic heterocycles. The van der Waals surface area contributed by atoms with Gasteiger partial charge in [-0.2, -0.15) is 0 Å².